The van der Waals surface area contributed by atoms with Crippen LogP contribution in [0.25, 0.3) is 0 Å². The van der Waals surface area contributed by atoms with Crippen LogP contribution in [0.5, 0.6) is 0 Å². The molecule has 122 valence electrons. The summed E-state index contributed by atoms with van der Waals surface area (Å²) in [6.07, 6.45) is 4.00. The van der Waals surface area contributed by atoms with Gasteiger partial charge in [0.2, 0.25) is 5.95 Å². The fraction of sp³-hybridized carbons (Fsp3) is 0.750. The molecule has 1 aromatic heterocycles. The maximum absolute atomic E-state index is 6.04. The number of rotatable bonds is 4. The van der Waals surface area contributed by atoms with Crippen LogP contribution < -0.4 is 16.4 Å². The molecule has 1 aromatic rings. The van der Waals surface area contributed by atoms with Crippen molar-refractivity contribution in [2.75, 3.05) is 30.3 Å². The Hall–Kier alpha value is -1.40. The fourth-order valence-corrected chi connectivity index (χ4v) is 3.46. The van der Waals surface area contributed by atoms with Crippen LogP contribution in [0, 0.1) is 0 Å². The Morgan fingerprint density at radius 1 is 1.32 bits per heavy atom. The Bertz CT molecular complexity index is 525. The highest BCUT2D eigenvalue weighted by Gasteiger charge is 2.35. The second-order valence-electron chi connectivity index (χ2n) is 6.60. The second-order valence-corrected chi connectivity index (χ2v) is 6.60. The highest BCUT2D eigenvalue weighted by Crippen LogP contribution is 2.36. The van der Waals surface area contributed by atoms with Crippen LogP contribution in [-0.2, 0) is 4.74 Å². The van der Waals surface area contributed by atoms with Gasteiger partial charge in [-0.3, -0.25) is 0 Å². The summed E-state index contributed by atoms with van der Waals surface area (Å²) in [5, 5.41) is 0. The zero-order valence-electron chi connectivity index (χ0n) is 13.6. The molecule has 22 heavy (non-hydrogen) atoms. The molecule has 0 spiro atoms. The lowest BCUT2D eigenvalue weighted by Gasteiger charge is -2.42. The third-order valence-corrected chi connectivity index (χ3v) is 5.20. The standard InChI is InChI=1S/C16H27N5O/c1-3-16(4-2)10-21(5-6-22-16)14-9-13(19-15(18)20-14)11-7-12(17)8-11/h9,11-12H,3-8,10,17H2,1-2H3,(H2,18,19,20). The summed E-state index contributed by atoms with van der Waals surface area (Å²) in [6, 6.07) is 2.40. The van der Waals surface area contributed by atoms with Crippen molar-refractivity contribution in [1.29, 1.82) is 0 Å². The van der Waals surface area contributed by atoms with Gasteiger partial charge in [0.1, 0.15) is 5.82 Å². The van der Waals surface area contributed by atoms with Gasteiger partial charge in [-0.15, -0.1) is 0 Å². The van der Waals surface area contributed by atoms with E-state index in [0.29, 0.717) is 17.9 Å². The smallest absolute Gasteiger partial charge is 0.222 e. The highest BCUT2D eigenvalue weighted by molar-refractivity contribution is 5.45. The lowest BCUT2D eigenvalue weighted by molar-refractivity contribution is -0.0606. The van der Waals surface area contributed by atoms with E-state index in [1.807, 2.05) is 0 Å². The van der Waals surface area contributed by atoms with Gasteiger partial charge in [0, 0.05) is 31.1 Å². The number of morpholine rings is 1. The summed E-state index contributed by atoms with van der Waals surface area (Å²) in [7, 11) is 0. The molecule has 2 fully saturated rings. The van der Waals surface area contributed by atoms with Crippen molar-refractivity contribution in [2.45, 2.75) is 57.1 Å². The van der Waals surface area contributed by atoms with E-state index in [1.54, 1.807) is 0 Å². The second kappa shape index (κ2) is 6.01. The molecule has 0 unspecified atom stereocenters. The molecule has 0 atom stereocenters. The van der Waals surface area contributed by atoms with Crippen molar-refractivity contribution >= 4 is 11.8 Å². The van der Waals surface area contributed by atoms with Crippen molar-refractivity contribution in [3.63, 3.8) is 0 Å². The molecule has 2 heterocycles. The Morgan fingerprint density at radius 2 is 2.05 bits per heavy atom. The topological polar surface area (TPSA) is 90.3 Å². The summed E-state index contributed by atoms with van der Waals surface area (Å²) < 4.78 is 6.04. The first-order chi connectivity index (χ1) is 10.5. The number of anilines is 2. The maximum Gasteiger partial charge on any atom is 0.222 e. The average molecular weight is 305 g/mol. The molecule has 1 aliphatic carbocycles. The molecule has 3 rings (SSSR count). The minimum Gasteiger partial charge on any atom is -0.371 e. The number of nitrogens with zero attached hydrogens (tertiary/aromatic N) is 3. The molecule has 4 N–H and O–H groups in total. The molecular weight excluding hydrogens is 278 g/mol. The van der Waals surface area contributed by atoms with Crippen LogP contribution >= 0.6 is 0 Å². The summed E-state index contributed by atoms with van der Waals surface area (Å²) in [6.45, 7) is 6.81. The van der Waals surface area contributed by atoms with Gasteiger partial charge in [-0.05, 0) is 25.7 Å². The average Bonchev–Trinajstić information content (AvgIpc) is 2.51. The lowest BCUT2D eigenvalue weighted by atomic mass is 9.78. The monoisotopic (exact) mass is 305 g/mol. The molecule has 1 saturated carbocycles. The van der Waals surface area contributed by atoms with Crippen LogP contribution in [0.1, 0.15) is 51.1 Å². The van der Waals surface area contributed by atoms with E-state index in [9.17, 15) is 0 Å². The van der Waals surface area contributed by atoms with Crippen molar-refractivity contribution in [2.24, 2.45) is 5.73 Å². The Labute approximate surface area is 132 Å². The third kappa shape index (κ3) is 2.90. The van der Waals surface area contributed by atoms with Gasteiger partial charge in [0.25, 0.3) is 0 Å². The van der Waals surface area contributed by atoms with Gasteiger partial charge < -0.3 is 21.1 Å². The van der Waals surface area contributed by atoms with Gasteiger partial charge >= 0.3 is 0 Å². The Morgan fingerprint density at radius 3 is 2.68 bits per heavy atom. The normalized spacial score (nSPS) is 27.5. The predicted octanol–water partition coefficient (Wildman–Crippen LogP) is 1.66. The largest absolute Gasteiger partial charge is 0.371 e. The van der Waals surface area contributed by atoms with Gasteiger partial charge in [0.15, 0.2) is 0 Å². The molecule has 6 nitrogen and oxygen atoms in total. The van der Waals surface area contributed by atoms with Crippen LogP contribution in [-0.4, -0.2) is 41.3 Å². The number of aromatic nitrogens is 2. The molecule has 2 aliphatic rings. The Balaban J connectivity index is 1.81. The van der Waals surface area contributed by atoms with Crippen molar-refractivity contribution in [3.8, 4) is 0 Å². The number of hydrogen-bond donors (Lipinski definition) is 2. The molecule has 0 aromatic carbocycles. The van der Waals surface area contributed by atoms with Crippen LogP contribution in [0.15, 0.2) is 6.07 Å². The van der Waals surface area contributed by atoms with Gasteiger partial charge in [-0.25, -0.2) is 4.98 Å². The first-order valence-electron chi connectivity index (χ1n) is 8.34. The lowest BCUT2D eigenvalue weighted by Crippen LogP contribution is -2.51. The third-order valence-electron chi connectivity index (χ3n) is 5.20. The number of hydrogen-bond acceptors (Lipinski definition) is 6. The minimum atomic E-state index is -0.0725. The van der Waals surface area contributed by atoms with E-state index < -0.39 is 0 Å². The fourth-order valence-electron chi connectivity index (χ4n) is 3.46. The zero-order valence-corrected chi connectivity index (χ0v) is 13.6. The molecule has 0 bridgehead atoms. The SMILES string of the molecule is CCC1(CC)CN(c2cc(C3CC(N)C3)nc(N)n2)CCO1. The van der Waals surface area contributed by atoms with Crippen molar-refractivity contribution < 1.29 is 4.74 Å². The quantitative estimate of drug-likeness (QED) is 0.879. The van der Waals surface area contributed by atoms with Crippen molar-refractivity contribution in [3.05, 3.63) is 11.8 Å². The first-order valence-corrected chi connectivity index (χ1v) is 8.34. The van der Waals surface area contributed by atoms with Crippen LogP contribution in [0.3, 0.4) is 0 Å². The van der Waals surface area contributed by atoms with Gasteiger partial charge in [-0.1, -0.05) is 13.8 Å². The van der Waals surface area contributed by atoms with Crippen LogP contribution in [0.4, 0.5) is 11.8 Å². The molecule has 1 saturated heterocycles. The highest BCUT2D eigenvalue weighted by atomic mass is 16.5. The molecule has 0 amide bonds. The van der Waals surface area contributed by atoms with E-state index in [-0.39, 0.29) is 5.60 Å². The summed E-state index contributed by atoms with van der Waals surface area (Å²) >= 11 is 0. The molecule has 1 aliphatic heterocycles. The van der Waals surface area contributed by atoms with E-state index in [2.05, 4.69) is 34.8 Å². The van der Waals surface area contributed by atoms with Crippen LogP contribution in [0.2, 0.25) is 0 Å². The predicted molar refractivity (Wildman–Crippen MR) is 87.9 cm³/mol. The molecular formula is C16H27N5O. The Kier molecular flexibility index (Phi) is 4.23. The van der Waals surface area contributed by atoms with E-state index in [0.717, 1.165) is 56.9 Å². The molecule has 6 heteroatoms. The summed E-state index contributed by atoms with van der Waals surface area (Å²) in [4.78, 5) is 11.2. The summed E-state index contributed by atoms with van der Waals surface area (Å²) in [5.41, 5.74) is 12.8. The first kappa shape index (κ1) is 15.5. The number of ether oxygens (including phenoxy) is 1. The van der Waals surface area contributed by atoms with Crippen molar-refractivity contribution in [1.82, 2.24) is 9.97 Å². The van der Waals surface area contributed by atoms with E-state index in [4.69, 9.17) is 16.2 Å². The zero-order chi connectivity index (χ0) is 15.7. The molecule has 0 radical (unpaired) electrons. The minimum absolute atomic E-state index is 0.0725. The van der Waals surface area contributed by atoms with E-state index >= 15 is 0 Å². The number of nitrogen functional groups attached to an aromatic ring is 1. The van der Waals surface area contributed by atoms with E-state index in [1.165, 1.54) is 0 Å². The van der Waals surface area contributed by atoms with Gasteiger partial charge in [-0.2, -0.15) is 4.98 Å². The summed E-state index contributed by atoms with van der Waals surface area (Å²) in [5.74, 6) is 1.72. The van der Waals surface area contributed by atoms with Gasteiger partial charge in [0.05, 0.1) is 17.9 Å². The maximum atomic E-state index is 6.04. The number of nitrogens with two attached hydrogens (primary N) is 2.